The van der Waals surface area contributed by atoms with Crippen LogP contribution < -0.4 is 4.90 Å². The van der Waals surface area contributed by atoms with Gasteiger partial charge in [0.25, 0.3) is 0 Å². The molecular formula is C23H25N3O3. The first-order valence-corrected chi connectivity index (χ1v) is 9.95. The SMILES string of the molecule is CCOC(=O)Cn1c(C2CC(=O)N(c3cc(C)cc(C)c3)C2)nc2ccccc21. The van der Waals surface area contributed by atoms with E-state index in [0.29, 0.717) is 19.6 Å². The molecule has 1 aromatic heterocycles. The highest BCUT2D eigenvalue weighted by Gasteiger charge is 2.35. The maximum atomic E-state index is 12.8. The van der Waals surface area contributed by atoms with E-state index in [4.69, 9.17) is 9.72 Å². The van der Waals surface area contributed by atoms with E-state index < -0.39 is 0 Å². The van der Waals surface area contributed by atoms with Crippen LogP contribution in [0.25, 0.3) is 11.0 Å². The number of nitrogens with zero attached hydrogens (tertiary/aromatic N) is 3. The number of hydrogen-bond donors (Lipinski definition) is 0. The van der Waals surface area contributed by atoms with Crippen LogP contribution in [-0.2, 0) is 20.9 Å². The number of esters is 1. The fourth-order valence-corrected chi connectivity index (χ4v) is 4.14. The van der Waals surface area contributed by atoms with E-state index in [2.05, 4.69) is 6.07 Å². The van der Waals surface area contributed by atoms with E-state index >= 15 is 0 Å². The largest absolute Gasteiger partial charge is 0.465 e. The van der Waals surface area contributed by atoms with Gasteiger partial charge >= 0.3 is 5.97 Å². The third-order valence-electron chi connectivity index (χ3n) is 5.28. The number of ether oxygens (including phenoxy) is 1. The molecule has 1 aliphatic rings. The van der Waals surface area contributed by atoms with Crippen LogP contribution in [0.15, 0.2) is 42.5 Å². The van der Waals surface area contributed by atoms with Crippen molar-refractivity contribution in [2.75, 3.05) is 18.1 Å². The maximum Gasteiger partial charge on any atom is 0.326 e. The van der Waals surface area contributed by atoms with E-state index in [-0.39, 0.29) is 24.3 Å². The fraction of sp³-hybridized carbons (Fsp3) is 0.348. The van der Waals surface area contributed by atoms with Gasteiger partial charge < -0.3 is 14.2 Å². The average Bonchev–Trinajstić information content (AvgIpc) is 3.22. The summed E-state index contributed by atoms with van der Waals surface area (Å²) in [7, 11) is 0. The minimum Gasteiger partial charge on any atom is -0.465 e. The molecule has 0 spiro atoms. The minimum atomic E-state index is -0.299. The smallest absolute Gasteiger partial charge is 0.326 e. The Bertz CT molecular complexity index is 1070. The summed E-state index contributed by atoms with van der Waals surface area (Å²) in [4.78, 5) is 31.6. The zero-order chi connectivity index (χ0) is 20.5. The maximum absolute atomic E-state index is 12.8. The summed E-state index contributed by atoms with van der Waals surface area (Å²) in [6, 6.07) is 13.9. The highest BCUT2D eigenvalue weighted by Crippen LogP contribution is 2.34. The molecule has 1 amide bonds. The summed E-state index contributed by atoms with van der Waals surface area (Å²) in [6.45, 7) is 6.85. The number of para-hydroxylation sites is 2. The van der Waals surface area contributed by atoms with Crippen molar-refractivity contribution >= 4 is 28.6 Å². The van der Waals surface area contributed by atoms with Crippen molar-refractivity contribution in [1.82, 2.24) is 9.55 Å². The van der Waals surface area contributed by atoms with Crippen LogP contribution in [0.1, 0.15) is 36.2 Å². The number of benzene rings is 2. The number of hydrogen-bond acceptors (Lipinski definition) is 4. The van der Waals surface area contributed by atoms with Crippen molar-refractivity contribution in [2.24, 2.45) is 0 Å². The van der Waals surface area contributed by atoms with Gasteiger partial charge in [-0.1, -0.05) is 18.2 Å². The number of carbonyl (C=O) groups excluding carboxylic acids is 2. The third-order valence-corrected chi connectivity index (χ3v) is 5.28. The van der Waals surface area contributed by atoms with Gasteiger partial charge in [-0.25, -0.2) is 4.98 Å². The Hall–Kier alpha value is -3.15. The van der Waals surface area contributed by atoms with Crippen LogP contribution in [0.5, 0.6) is 0 Å². The van der Waals surface area contributed by atoms with Gasteiger partial charge in [0.1, 0.15) is 12.4 Å². The van der Waals surface area contributed by atoms with Crippen LogP contribution in [0, 0.1) is 13.8 Å². The highest BCUT2D eigenvalue weighted by atomic mass is 16.5. The summed E-state index contributed by atoms with van der Waals surface area (Å²) in [5, 5.41) is 0. The number of imidazole rings is 1. The van der Waals surface area contributed by atoms with Crippen LogP contribution in [0.4, 0.5) is 5.69 Å². The summed E-state index contributed by atoms with van der Waals surface area (Å²) in [5.74, 6) is 0.465. The molecule has 1 fully saturated rings. The fourth-order valence-electron chi connectivity index (χ4n) is 4.14. The first-order chi connectivity index (χ1) is 14.0. The second kappa shape index (κ2) is 7.70. The van der Waals surface area contributed by atoms with Gasteiger partial charge in [-0.2, -0.15) is 0 Å². The van der Waals surface area contributed by atoms with Gasteiger partial charge in [-0.15, -0.1) is 0 Å². The topological polar surface area (TPSA) is 64.4 Å². The molecule has 0 saturated carbocycles. The number of fused-ring (bicyclic) bond motifs is 1. The van der Waals surface area contributed by atoms with Gasteiger partial charge in [0.2, 0.25) is 5.91 Å². The second-order valence-electron chi connectivity index (χ2n) is 7.60. The predicted octanol–water partition coefficient (Wildman–Crippen LogP) is 3.74. The minimum absolute atomic E-state index is 0.0785. The Labute approximate surface area is 170 Å². The molecule has 2 heterocycles. The number of amides is 1. The molecule has 0 radical (unpaired) electrons. The third kappa shape index (κ3) is 3.75. The van der Waals surface area contributed by atoms with Crippen LogP contribution in [-0.4, -0.2) is 34.6 Å². The molecule has 150 valence electrons. The quantitative estimate of drug-likeness (QED) is 0.622. The molecule has 1 saturated heterocycles. The summed E-state index contributed by atoms with van der Waals surface area (Å²) in [6.07, 6.45) is 0.374. The average molecular weight is 391 g/mol. The van der Waals surface area contributed by atoms with Gasteiger partial charge in [-0.3, -0.25) is 9.59 Å². The molecule has 29 heavy (non-hydrogen) atoms. The van der Waals surface area contributed by atoms with Crippen molar-refractivity contribution in [1.29, 1.82) is 0 Å². The summed E-state index contributed by atoms with van der Waals surface area (Å²) >= 11 is 0. The Morgan fingerprint density at radius 3 is 2.62 bits per heavy atom. The Balaban J connectivity index is 1.69. The van der Waals surface area contributed by atoms with Gasteiger partial charge in [-0.05, 0) is 56.2 Å². The number of carbonyl (C=O) groups is 2. The monoisotopic (exact) mass is 391 g/mol. The summed E-state index contributed by atoms with van der Waals surface area (Å²) in [5.41, 5.74) is 4.89. The highest BCUT2D eigenvalue weighted by molar-refractivity contribution is 5.96. The molecule has 1 atom stereocenters. The zero-order valence-electron chi connectivity index (χ0n) is 17.0. The molecule has 1 aliphatic heterocycles. The standard InChI is InChI=1S/C23H25N3O3/c1-4-29-22(28)14-26-20-8-6-5-7-19(20)24-23(26)17-12-21(27)25(13-17)18-10-15(2)9-16(3)11-18/h5-11,17H,4,12-14H2,1-3H3. The molecule has 6 nitrogen and oxygen atoms in total. The van der Waals surface area contributed by atoms with Crippen molar-refractivity contribution in [3.8, 4) is 0 Å². The van der Waals surface area contributed by atoms with Crippen molar-refractivity contribution in [2.45, 2.75) is 39.7 Å². The first kappa shape index (κ1) is 19.2. The molecule has 3 aromatic rings. The lowest BCUT2D eigenvalue weighted by atomic mass is 10.1. The molecule has 6 heteroatoms. The van der Waals surface area contributed by atoms with Crippen LogP contribution >= 0.6 is 0 Å². The van der Waals surface area contributed by atoms with Gasteiger partial charge in [0.15, 0.2) is 0 Å². The molecule has 0 aliphatic carbocycles. The molecule has 4 rings (SSSR count). The number of aromatic nitrogens is 2. The Morgan fingerprint density at radius 1 is 1.17 bits per heavy atom. The number of anilines is 1. The van der Waals surface area contributed by atoms with E-state index in [9.17, 15) is 9.59 Å². The Kier molecular flexibility index (Phi) is 5.09. The zero-order valence-corrected chi connectivity index (χ0v) is 17.0. The molecule has 2 aromatic carbocycles. The van der Waals surface area contributed by atoms with Gasteiger partial charge in [0.05, 0.1) is 17.6 Å². The van der Waals surface area contributed by atoms with Crippen molar-refractivity contribution < 1.29 is 14.3 Å². The van der Waals surface area contributed by atoms with E-state index in [1.807, 2.05) is 59.7 Å². The van der Waals surface area contributed by atoms with Crippen molar-refractivity contribution in [3.05, 3.63) is 59.4 Å². The summed E-state index contributed by atoms with van der Waals surface area (Å²) < 4.78 is 7.05. The lowest BCUT2D eigenvalue weighted by molar-refractivity contribution is -0.143. The first-order valence-electron chi connectivity index (χ1n) is 9.95. The number of rotatable bonds is 5. The predicted molar refractivity (Wildman–Crippen MR) is 112 cm³/mol. The van der Waals surface area contributed by atoms with E-state index in [1.165, 1.54) is 0 Å². The van der Waals surface area contributed by atoms with E-state index in [0.717, 1.165) is 33.7 Å². The lowest BCUT2D eigenvalue weighted by Crippen LogP contribution is -2.25. The molecule has 0 bridgehead atoms. The number of aryl methyl sites for hydroxylation is 2. The molecular weight excluding hydrogens is 366 g/mol. The molecule has 1 unspecified atom stereocenters. The normalized spacial score (nSPS) is 16.6. The van der Waals surface area contributed by atoms with Crippen molar-refractivity contribution in [3.63, 3.8) is 0 Å². The van der Waals surface area contributed by atoms with E-state index in [1.54, 1.807) is 6.92 Å². The second-order valence-corrected chi connectivity index (χ2v) is 7.60. The van der Waals surface area contributed by atoms with Crippen LogP contribution in [0.2, 0.25) is 0 Å². The molecule has 0 N–H and O–H groups in total. The van der Waals surface area contributed by atoms with Crippen LogP contribution in [0.3, 0.4) is 0 Å². The Morgan fingerprint density at radius 2 is 1.90 bits per heavy atom. The van der Waals surface area contributed by atoms with Gasteiger partial charge in [0, 0.05) is 24.6 Å². The lowest BCUT2D eigenvalue weighted by Gasteiger charge is -2.18.